The molecule has 1 aliphatic rings. The van der Waals surface area contributed by atoms with E-state index in [9.17, 15) is 9.59 Å². The van der Waals surface area contributed by atoms with Crippen LogP contribution in [-0.4, -0.2) is 30.1 Å². The fourth-order valence-corrected chi connectivity index (χ4v) is 2.78. The average Bonchev–Trinajstić information content (AvgIpc) is 2.96. The lowest BCUT2D eigenvalue weighted by atomic mass is 9.75. The van der Waals surface area contributed by atoms with Crippen LogP contribution < -0.4 is 10.6 Å². The number of carbonyl (C=O) groups is 2. The summed E-state index contributed by atoms with van der Waals surface area (Å²) in [6, 6.07) is 6.58. The highest BCUT2D eigenvalue weighted by molar-refractivity contribution is 5.87. The number of aromatic carboxylic acids is 1. The Balaban J connectivity index is 1.98. The van der Waals surface area contributed by atoms with E-state index in [0.717, 1.165) is 18.5 Å². The highest BCUT2D eigenvalue weighted by Crippen LogP contribution is 2.34. The Kier molecular flexibility index (Phi) is 4.63. The van der Waals surface area contributed by atoms with Crippen molar-refractivity contribution in [3.05, 3.63) is 35.4 Å². The van der Waals surface area contributed by atoms with Gasteiger partial charge in [-0.25, -0.2) is 4.79 Å². The topological polar surface area (TPSA) is 78.4 Å². The van der Waals surface area contributed by atoms with Crippen LogP contribution in [0.15, 0.2) is 24.3 Å². The van der Waals surface area contributed by atoms with E-state index in [1.165, 1.54) is 0 Å². The van der Waals surface area contributed by atoms with Crippen molar-refractivity contribution < 1.29 is 14.7 Å². The van der Waals surface area contributed by atoms with E-state index in [0.29, 0.717) is 13.1 Å². The molecule has 21 heavy (non-hydrogen) atoms. The molecule has 1 unspecified atom stereocenters. The van der Waals surface area contributed by atoms with Crippen molar-refractivity contribution in [3.63, 3.8) is 0 Å². The van der Waals surface area contributed by atoms with Gasteiger partial charge in [0.05, 0.1) is 11.0 Å². The van der Waals surface area contributed by atoms with Gasteiger partial charge in [0.25, 0.3) is 0 Å². The summed E-state index contributed by atoms with van der Waals surface area (Å²) in [5.41, 5.74) is 0.822. The summed E-state index contributed by atoms with van der Waals surface area (Å²) in [6.45, 7) is 6.17. The van der Waals surface area contributed by atoms with E-state index >= 15 is 0 Å². The second-order valence-corrected chi connectivity index (χ2v) is 5.92. The molecule has 0 aromatic heterocycles. The first-order valence-corrected chi connectivity index (χ1v) is 7.27. The van der Waals surface area contributed by atoms with Gasteiger partial charge in [-0.3, -0.25) is 4.79 Å². The number of amides is 1. The van der Waals surface area contributed by atoms with Gasteiger partial charge in [-0.2, -0.15) is 0 Å². The summed E-state index contributed by atoms with van der Waals surface area (Å²) < 4.78 is 0. The molecule has 1 aromatic carbocycles. The molecule has 1 fully saturated rings. The molecule has 5 heteroatoms. The second kappa shape index (κ2) is 6.26. The van der Waals surface area contributed by atoms with E-state index in [1.54, 1.807) is 24.3 Å². The summed E-state index contributed by atoms with van der Waals surface area (Å²) >= 11 is 0. The minimum absolute atomic E-state index is 0.0739. The molecule has 5 nitrogen and oxygen atoms in total. The Hall–Kier alpha value is -1.88. The van der Waals surface area contributed by atoms with E-state index in [2.05, 4.69) is 24.5 Å². The number of benzene rings is 1. The Morgan fingerprint density at radius 1 is 1.33 bits per heavy atom. The SMILES string of the molecule is CC(C)C1(C(=O)NCc2ccc(C(=O)O)cc2)CCNC1. The summed E-state index contributed by atoms with van der Waals surface area (Å²) in [6.07, 6.45) is 0.856. The first-order valence-electron chi connectivity index (χ1n) is 7.27. The van der Waals surface area contributed by atoms with E-state index in [4.69, 9.17) is 5.11 Å². The van der Waals surface area contributed by atoms with Crippen molar-refractivity contribution in [3.8, 4) is 0 Å². The summed E-state index contributed by atoms with van der Waals surface area (Å²) in [5.74, 6) is -0.590. The largest absolute Gasteiger partial charge is 0.478 e. The third-order valence-electron chi connectivity index (χ3n) is 4.40. The van der Waals surface area contributed by atoms with Gasteiger partial charge in [-0.1, -0.05) is 26.0 Å². The number of hydrogen-bond donors (Lipinski definition) is 3. The van der Waals surface area contributed by atoms with Crippen LogP contribution in [0.3, 0.4) is 0 Å². The quantitative estimate of drug-likeness (QED) is 0.770. The standard InChI is InChI=1S/C16H22N2O3/c1-11(2)16(7-8-17-10-16)15(21)18-9-12-3-5-13(6-4-12)14(19)20/h3-6,11,17H,7-10H2,1-2H3,(H,18,21)(H,19,20). The fourth-order valence-electron chi connectivity index (χ4n) is 2.78. The zero-order valence-electron chi connectivity index (χ0n) is 12.5. The molecular weight excluding hydrogens is 268 g/mol. The summed E-state index contributed by atoms with van der Waals surface area (Å²) in [7, 11) is 0. The van der Waals surface area contributed by atoms with Gasteiger partial charge in [0.15, 0.2) is 0 Å². The Bertz CT molecular complexity index is 517. The molecule has 1 heterocycles. The van der Waals surface area contributed by atoms with Crippen molar-refractivity contribution in [2.75, 3.05) is 13.1 Å². The molecule has 0 spiro atoms. The van der Waals surface area contributed by atoms with Gasteiger partial charge in [0.1, 0.15) is 0 Å². The fraction of sp³-hybridized carbons (Fsp3) is 0.500. The number of hydrogen-bond acceptors (Lipinski definition) is 3. The zero-order valence-corrected chi connectivity index (χ0v) is 12.5. The van der Waals surface area contributed by atoms with Crippen molar-refractivity contribution >= 4 is 11.9 Å². The lowest BCUT2D eigenvalue weighted by Gasteiger charge is -2.31. The predicted octanol–water partition coefficient (Wildman–Crippen LogP) is 1.64. The monoisotopic (exact) mass is 290 g/mol. The molecule has 0 radical (unpaired) electrons. The molecule has 114 valence electrons. The number of rotatable bonds is 5. The molecule has 0 aliphatic carbocycles. The van der Waals surface area contributed by atoms with Crippen molar-refractivity contribution in [1.82, 2.24) is 10.6 Å². The van der Waals surface area contributed by atoms with Crippen molar-refractivity contribution in [2.24, 2.45) is 11.3 Å². The third-order valence-corrected chi connectivity index (χ3v) is 4.40. The van der Waals surface area contributed by atoms with Gasteiger partial charge in [0.2, 0.25) is 5.91 Å². The van der Waals surface area contributed by atoms with Crippen molar-refractivity contribution in [1.29, 1.82) is 0 Å². The highest BCUT2D eigenvalue weighted by Gasteiger charge is 2.43. The van der Waals surface area contributed by atoms with E-state index in [1.807, 2.05) is 0 Å². The van der Waals surface area contributed by atoms with Crippen LogP contribution in [0.1, 0.15) is 36.2 Å². The maximum atomic E-state index is 12.5. The van der Waals surface area contributed by atoms with Gasteiger partial charge in [-0.15, -0.1) is 0 Å². The summed E-state index contributed by atoms with van der Waals surface area (Å²) in [5, 5.41) is 15.1. The Morgan fingerprint density at radius 2 is 2.00 bits per heavy atom. The maximum Gasteiger partial charge on any atom is 0.335 e. The Labute approximate surface area is 124 Å². The van der Waals surface area contributed by atoms with Gasteiger partial charge in [0, 0.05) is 13.1 Å². The molecule has 2 rings (SSSR count). The van der Waals surface area contributed by atoms with Crippen LogP contribution in [0.25, 0.3) is 0 Å². The lowest BCUT2D eigenvalue weighted by Crippen LogP contribution is -2.45. The number of carbonyl (C=O) groups excluding carboxylic acids is 1. The smallest absolute Gasteiger partial charge is 0.335 e. The van der Waals surface area contributed by atoms with E-state index < -0.39 is 5.97 Å². The Morgan fingerprint density at radius 3 is 2.48 bits per heavy atom. The van der Waals surface area contributed by atoms with Gasteiger partial charge < -0.3 is 15.7 Å². The van der Waals surface area contributed by atoms with Crippen LogP contribution in [0.4, 0.5) is 0 Å². The molecule has 1 aliphatic heterocycles. The number of nitrogens with one attached hydrogen (secondary N) is 2. The third kappa shape index (κ3) is 3.24. The highest BCUT2D eigenvalue weighted by atomic mass is 16.4. The van der Waals surface area contributed by atoms with Crippen LogP contribution in [0.2, 0.25) is 0 Å². The molecule has 1 amide bonds. The molecule has 1 saturated heterocycles. The summed E-state index contributed by atoms with van der Waals surface area (Å²) in [4.78, 5) is 23.3. The molecule has 0 saturated carbocycles. The minimum atomic E-state index is -0.943. The first-order chi connectivity index (χ1) is 9.95. The van der Waals surface area contributed by atoms with Gasteiger partial charge >= 0.3 is 5.97 Å². The lowest BCUT2D eigenvalue weighted by molar-refractivity contribution is -0.132. The number of carboxylic acid groups (broad SMARTS) is 1. The molecular formula is C16H22N2O3. The van der Waals surface area contributed by atoms with Crippen LogP contribution >= 0.6 is 0 Å². The molecule has 1 aromatic rings. The number of carboxylic acids is 1. The van der Waals surface area contributed by atoms with Crippen LogP contribution in [0.5, 0.6) is 0 Å². The van der Waals surface area contributed by atoms with Crippen LogP contribution in [-0.2, 0) is 11.3 Å². The average molecular weight is 290 g/mol. The van der Waals surface area contributed by atoms with Crippen LogP contribution in [0, 0.1) is 11.3 Å². The van der Waals surface area contributed by atoms with Gasteiger partial charge in [-0.05, 0) is 36.6 Å². The second-order valence-electron chi connectivity index (χ2n) is 5.92. The first kappa shape index (κ1) is 15.5. The maximum absolute atomic E-state index is 12.5. The molecule has 0 bridgehead atoms. The molecule has 3 N–H and O–H groups in total. The normalized spacial score (nSPS) is 21.5. The van der Waals surface area contributed by atoms with Crippen molar-refractivity contribution in [2.45, 2.75) is 26.8 Å². The zero-order chi connectivity index (χ0) is 15.5. The molecule has 1 atom stereocenters. The minimum Gasteiger partial charge on any atom is -0.478 e. The predicted molar refractivity (Wildman–Crippen MR) is 80.0 cm³/mol. The van der Waals surface area contributed by atoms with E-state index in [-0.39, 0.29) is 22.8 Å².